The van der Waals surface area contributed by atoms with Crippen molar-refractivity contribution in [1.29, 1.82) is 0 Å². The molecule has 15 heteroatoms. The topological polar surface area (TPSA) is 231 Å². The lowest BCUT2D eigenvalue weighted by Crippen LogP contribution is -2.61. The minimum atomic E-state index is -1.78. The number of carbonyl (C=O) groups is 2. The van der Waals surface area contributed by atoms with Crippen LogP contribution in [0.4, 0.5) is 0 Å². The smallest absolute Gasteiger partial charge is 0.306 e. The molecule has 2 fully saturated rings. The summed E-state index contributed by atoms with van der Waals surface area (Å²) in [5.41, 5.74) is 0. The number of unbranched alkanes of at least 4 members (excludes halogenated alkanes) is 12. The molecule has 2 saturated heterocycles. The molecule has 11 atom stereocenters. The summed E-state index contributed by atoms with van der Waals surface area (Å²) in [4.78, 5) is 25.7. The van der Waals surface area contributed by atoms with Gasteiger partial charge in [-0.15, -0.1) is 0 Å². The number of esters is 2. The quantitative estimate of drug-likeness (QED) is 0.0214. The van der Waals surface area contributed by atoms with Crippen molar-refractivity contribution >= 4 is 11.9 Å². The Bertz CT molecular complexity index is 1370. The zero-order valence-electron chi connectivity index (χ0n) is 39.2. The van der Waals surface area contributed by atoms with Gasteiger partial charge < -0.3 is 64.2 Å². The lowest BCUT2D eigenvalue weighted by molar-refractivity contribution is -0.332. The summed E-state index contributed by atoms with van der Waals surface area (Å²) < 4.78 is 33.4. The van der Waals surface area contributed by atoms with Gasteiger partial charge in [0.15, 0.2) is 18.7 Å². The number of allylic oxidation sites excluding steroid dienone is 10. The molecule has 2 aliphatic heterocycles. The SMILES string of the molecule is CCCCC/C=C/C/C=C/C/C=C/C/C=C/CCCC(=O)OC[C@@H](CO[C@@H]1O[C@H](CO[C@@H]2O[C@H](CO)[C@H](O)C(O)C2O)[C@H](O)C(O)C1O)OC(=O)CCCCCCC/C=C/CCCCC. The molecule has 0 bridgehead atoms. The lowest BCUT2D eigenvalue weighted by Gasteiger charge is -2.42. The highest BCUT2D eigenvalue weighted by atomic mass is 16.7. The Kier molecular flexibility index (Phi) is 33.4. The van der Waals surface area contributed by atoms with Gasteiger partial charge in [-0.2, -0.15) is 0 Å². The second-order valence-corrected chi connectivity index (χ2v) is 16.9. The van der Waals surface area contributed by atoms with E-state index in [9.17, 15) is 45.3 Å². The fourth-order valence-electron chi connectivity index (χ4n) is 7.14. The van der Waals surface area contributed by atoms with Crippen LogP contribution in [-0.2, 0) is 38.0 Å². The molecule has 7 N–H and O–H groups in total. The largest absolute Gasteiger partial charge is 0.462 e. The minimum Gasteiger partial charge on any atom is -0.462 e. The summed E-state index contributed by atoms with van der Waals surface area (Å²) in [6.07, 6.45) is 24.1. The van der Waals surface area contributed by atoms with Gasteiger partial charge in [-0.25, -0.2) is 0 Å². The minimum absolute atomic E-state index is 0.138. The van der Waals surface area contributed by atoms with E-state index < -0.39 is 99.3 Å². The summed E-state index contributed by atoms with van der Waals surface area (Å²) in [5, 5.41) is 71.9. The van der Waals surface area contributed by atoms with Crippen molar-refractivity contribution in [2.75, 3.05) is 26.4 Å². The second-order valence-electron chi connectivity index (χ2n) is 16.9. The molecule has 0 amide bonds. The van der Waals surface area contributed by atoms with E-state index in [2.05, 4.69) is 68.5 Å². The van der Waals surface area contributed by atoms with E-state index in [1.165, 1.54) is 38.5 Å². The first-order valence-corrected chi connectivity index (χ1v) is 24.4. The van der Waals surface area contributed by atoms with Gasteiger partial charge in [-0.1, -0.05) is 120 Å². The summed E-state index contributed by atoms with van der Waals surface area (Å²) in [5.74, 6) is -1.01. The maximum Gasteiger partial charge on any atom is 0.306 e. The molecule has 0 radical (unpaired) electrons. The highest BCUT2D eigenvalue weighted by Gasteiger charge is 2.47. The summed E-state index contributed by atoms with van der Waals surface area (Å²) >= 11 is 0. The molecule has 0 spiro atoms. The van der Waals surface area contributed by atoms with Crippen molar-refractivity contribution in [2.24, 2.45) is 0 Å². The van der Waals surface area contributed by atoms with E-state index in [1.54, 1.807) is 0 Å². The third kappa shape index (κ3) is 25.8. The molecule has 0 aromatic heterocycles. The van der Waals surface area contributed by atoms with Crippen LogP contribution in [0.1, 0.15) is 149 Å². The third-order valence-corrected chi connectivity index (χ3v) is 11.2. The van der Waals surface area contributed by atoms with Crippen LogP contribution < -0.4 is 0 Å². The Morgan fingerprint density at radius 2 is 0.938 bits per heavy atom. The maximum atomic E-state index is 12.9. The van der Waals surface area contributed by atoms with Gasteiger partial charge in [0, 0.05) is 12.8 Å². The van der Waals surface area contributed by atoms with Crippen LogP contribution in [0.15, 0.2) is 60.8 Å². The van der Waals surface area contributed by atoms with Crippen molar-refractivity contribution in [3.63, 3.8) is 0 Å². The van der Waals surface area contributed by atoms with Crippen LogP contribution in [0.3, 0.4) is 0 Å². The van der Waals surface area contributed by atoms with Crippen molar-refractivity contribution in [2.45, 2.75) is 216 Å². The normalized spacial score (nSPS) is 26.9. The summed E-state index contributed by atoms with van der Waals surface area (Å²) in [7, 11) is 0. The van der Waals surface area contributed by atoms with Crippen molar-refractivity contribution < 1.29 is 73.8 Å². The van der Waals surface area contributed by atoms with Crippen molar-refractivity contribution in [3.8, 4) is 0 Å². The van der Waals surface area contributed by atoms with Crippen LogP contribution in [0.25, 0.3) is 0 Å². The lowest BCUT2D eigenvalue weighted by atomic mass is 9.98. The van der Waals surface area contributed by atoms with E-state index in [0.29, 0.717) is 19.3 Å². The standard InChI is InChI=1S/C50H84O15/c1-3-5-7-9-11-13-15-17-18-19-20-21-23-24-26-28-30-32-41(52)60-35-38(63-42(53)33-31-29-27-25-22-16-14-12-10-8-6-4-2)36-61-49-48(59)46(57)44(55)40(65-49)37-62-50-47(58)45(56)43(54)39(34-51)64-50/h11-14,17-18,20-21,24,26,38-40,43-51,54-59H,3-10,15-16,19,22-23,25,27-37H2,1-2H3/b13-11+,14-12+,18-17+,21-20+,26-24+/t38-,39+,40+,43-,44-,45?,46?,47?,48?,49+,50+/m0/s1. The summed E-state index contributed by atoms with van der Waals surface area (Å²) in [6, 6.07) is 0. The zero-order chi connectivity index (χ0) is 47.5. The molecule has 65 heavy (non-hydrogen) atoms. The fraction of sp³-hybridized carbons (Fsp3) is 0.760. The van der Waals surface area contributed by atoms with Gasteiger partial charge in [0.1, 0.15) is 55.4 Å². The van der Waals surface area contributed by atoms with Crippen LogP contribution >= 0.6 is 0 Å². The number of ether oxygens (including phenoxy) is 6. The second kappa shape index (κ2) is 37.2. The first kappa shape index (κ1) is 58.3. The van der Waals surface area contributed by atoms with Crippen LogP contribution in [0.5, 0.6) is 0 Å². The highest BCUT2D eigenvalue weighted by Crippen LogP contribution is 2.26. The Morgan fingerprint density at radius 1 is 0.492 bits per heavy atom. The number of aliphatic hydroxyl groups excluding tert-OH is 7. The van der Waals surface area contributed by atoms with Crippen molar-refractivity contribution in [3.05, 3.63) is 60.8 Å². The monoisotopic (exact) mass is 925 g/mol. The zero-order valence-corrected chi connectivity index (χ0v) is 39.2. The van der Waals surface area contributed by atoms with Gasteiger partial charge in [0.05, 0.1) is 19.8 Å². The molecule has 0 aromatic carbocycles. The molecule has 2 rings (SSSR count). The number of aliphatic hydroxyl groups is 7. The maximum absolute atomic E-state index is 12.9. The molecule has 0 aliphatic carbocycles. The van der Waals surface area contributed by atoms with Gasteiger partial charge in [0.2, 0.25) is 0 Å². The molecular formula is C50H84O15. The van der Waals surface area contributed by atoms with E-state index in [-0.39, 0.29) is 19.4 Å². The Morgan fingerprint density at radius 3 is 1.51 bits per heavy atom. The predicted molar refractivity (Wildman–Crippen MR) is 247 cm³/mol. The number of carbonyl (C=O) groups excluding carboxylic acids is 2. The number of rotatable bonds is 36. The van der Waals surface area contributed by atoms with Crippen LogP contribution in [0.2, 0.25) is 0 Å². The molecule has 2 heterocycles. The van der Waals surface area contributed by atoms with Gasteiger partial charge in [-0.05, 0) is 77.0 Å². The highest BCUT2D eigenvalue weighted by molar-refractivity contribution is 5.70. The first-order valence-electron chi connectivity index (χ1n) is 24.4. The average molecular weight is 925 g/mol. The van der Waals surface area contributed by atoms with Crippen LogP contribution in [0, 0.1) is 0 Å². The molecule has 2 aliphatic rings. The third-order valence-electron chi connectivity index (χ3n) is 11.2. The summed E-state index contributed by atoms with van der Waals surface area (Å²) in [6.45, 7) is 2.44. The van der Waals surface area contributed by atoms with Crippen LogP contribution in [-0.4, -0.2) is 142 Å². The Hall–Kier alpha value is -2.80. The molecule has 15 nitrogen and oxygen atoms in total. The molecule has 4 unspecified atom stereocenters. The van der Waals surface area contributed by atoms with Gasteiger partial charge in [-0.3, -0.25) is 9.59 Å². The molecular weight excluding hydrogens is 841 g/mol. The Balaban J connectivity index is 1.86. The fourth-order valence-corrected chi connectivity index (χ4v) is 7.14. The molecule has 0 aromatic rings. The van der Waals surface area contributed by atoms with Gasteiger partial charge in [0.25, 0.3) is 0 Å². The van der Waals surface area contributed by atoms with E-state index in [1.807, 2.05) is 6.08 Å². The Labute approximate surface area is 388 Å². The molecule has 0 saturated carbocycles. The predicted octanol–water partition coefficient (Wildman–Crippen LogP) is 6.10. The first-order chi connectivity index (χ1) is 31.5. The van der Waals surface area contributed by atoms with E-state index in [4.69, 9.17) is 28.4 Å². The average Bonchev–Trinajstić information content (AvgIpc) is 3.30. The number of hydrogen-bond donors (Lipinski definition) is 7. The van der Waals surface area contributed by atoms with Gasteiger partial charge >= 0.3 is 11.9 Å². The number of hydrogen-bond acceptors (Lipinski definition) is 15. The van der Waals surface area contributed by atoms with E-state index in [0.717, 1.165) is 64.2 Å². The van der Waals surface area contributed by atoms with Crippen molar-refractivity contribution in [1.82, 2.24) is 0 Å². The van der Waals surface area contributed by atoms with E-state index >= 15 is 0 Å². The molecule has 374 valence electrons.